The van der Waals surface area contributed by atoms with Gasteiger partial charge in [-0.25, -0.2) is 0 Å². The molecule has 0 aliphatic rings. The molecule has 0 aliphatic carbocycles. The van der Waals surface area contributed by atoms with Crippen LogP contribution in [-0.4, -0.2) is 27.1 Å². The van der Waals surface area contributed by atoms with Crippen molar-refractivity contribution in [3.8, 4) is 0 Å². The third-order valence-corrected chi connectivity index (χ3v) is 3.05. The van der Waals surface area contributed by atoms with E-state index in [2.05, 4.69) is 18.6 Å². The zero-order valence-electron chi connectivity index (χ0n) is 11.2. The normalized spacial score (nSPS) is 10.4. The molecule has 0 radical (unpaired) electrons. The number of hydrogen-bond acceptors (Lipinski definition) is 2. The monoisotopic (exact) mass is 235 g/mol. The van der Waals surface area contributed by atoms with Gasteiger partial charge in [0.05, 0.1) is 5.69 Å². The van der Waals surface area contributed by atoms with Crippen LogP contribution in [0.3, 0.4) is 0 Å². The van der Waals surface area contributed by atoms with E-state index in [1.165, 1.54) is 6.08 Å². The summed E-state index contributed by atoms with van der Waals surface area (Å²) < 4.78 is 1.97. The first kappa shape index (κ1) is 13.5. The van der Waals surface area contributed by atoms with E-state index in [0.29, 0.717) is 13.1 Å². The highest BCUT2D eigenvalue weighted by Crippen LogP contribution is 2.15. The molecule has 0 spiro atoms. The number of nitrogens with zero attached hydrogens (tertiary/aromatic N) is 3. The lowest BCUT2D eigenvalue weighted by Gasteiger charge is -2.19. The number of aromatic nitrogens is 2. The van der Waals surface area contributed by atoms with Crippen LogP contribution in [0.2, 0.25) is 0 Å². The maximum atomic E-state index is 11.6. The molecular weight excluding hydrogens is 214 g/mol. The lowest BCUT2D eigenvalue weighted by atomic mass is 10.2. The molecule has 0 aliphatic heterocycles. The summed E-state index contributed by atoms with van der Waals surface area (Å²) in [5.41, 5.74) is 3.28. The van der Waals surface area contributed by atoms with Crippen molar-refractivity contribution in [1.29, 1.82) is 0 Å². The average molecular weight is 235 g/mol. The van der Waals surface area contributed by atoms with Crippen LogP contribution < -0.4 is 0 Å². The van der Waals surface area contributed by atoms with Crippen molar-refractivity contribution in [2.75, 3.05) is 6.54 Å². The molecule has 17 heavy (non-hydrogen) atoms. The number of carbonyl (C=O) groups excluding carboxylic acids is 1. The van der Waals surface area contributed by atoms with Crippen molar-refractivity contribution in [3.63, 3.8) is 0 Å². The predicted octanol–water partition coefficient (Wildman–Crippen LogP) is 2.05. The first-order valence-electron chi connectivity index (χ1n) is 5.99. The highest BCUT2D eigenvalue weighted by molar-refractivity contribution is 5.86. The molecule has 0 atom stereocenters. The van der Waals surface area contributed by atoms with Gasteiger partial charge in [0.2, 0.25) is 5.91 Å². The van der Waals surface area contributed by atoms with Gasteiger partial charge < -0.3 is 4.90 Å². The summed E-state index contributed by atoms with van der Waals surface area (Å²) in [6.07, 6.45) is 1.36. The van der Waals surface area contributed by atoms with Crippen LogP contribution in [0.1, 0.15) is 30.8 Å². The Morgan fingerprint density at radius 1 is 1.47 bits per heavy atom. The summed E-state index contributed by atoms with van der Waals surface area (Å²) in [4.78, 5) is 13.4. The number of likely N-dealkylation sites (N-methyl/N-ethyl adjacent to an activating group) is 1. The van der Waals surface area contributed by atoms with Crippen LogP contribution >= 0.6 is 0 Å². The maximum absolute atomic E-state index is 11.6. The third kappa shape index (κ3) is 2.75. The Balaban J connectivity index is 2.97. The SMILES string of the molecule is C=CC(=O)N(CC)Cc1c(C)nn(CC)c1C. The molecule has 4 heteroatoms. The van der Waals surface area contributed by atoms with E-state index in [0.717, 1.165) is 23.5 Å². The molecule has 0 fully saturated rings. The summed E-state index contributed by atoms with van der Waals surface area (Å²) in [6, 6.07) is 0. The van der Waals surface area contributed by atoms with Crippen molar-refractivity contribution in [2.24, 2.45) is 0 Å². The first-order valence-corrected chi connectivity index (χ1v) is 5.99. The summed E-state index contributed by atoms with van der Waals surface area (Å²) >= 11 is 0. The van der Waals surface area contributed by atoms with Gasteiger partial charge in [0.1, 0.15) is 0 Å². The van der Waals surface area contributed by atoms with E-state index in [1.807, 2.05) is 25.5 Å². The molecule has 1 heterocycles. The first-order chi connectivity index (χ1) is 8.04. The minimum atomic E-state index is -0.0319. The van der Waals surface area contributed by atoms with Gasteiger partial charge in [0.15, 0.2) is 0 Å². The molecule has 94 valence electrons. The van der Waals surface area contributed by atoms with Crippen molar-refractivity contribution < 1.29 is 4.79 Å². The largest absolute Gasteiger partial charge is 0.335 e. The smallest absolute Gasteiger partial charge is 0.246 e. The summed E-state index contributed by atoms with van der Waals surface area (Å²) in [5.74, 6) is -0.0319. The van der Waals surface area contributed by atoms with Gasteiger partial charge in [0.25, 0.3) is 0 Å². The molecule has 0 saturated heterocycles. The number of rotatable bonds is 5. The fraction of sp³-hybridized carbons (Fsp3) is 0.538. The molecular formula is C13H21N3O. The van der Waals surface area contributed by atoms with Crippen molar-refractivity contribution in [3.05, 3.63) is 29.6 Å². The van der Waals surface area contributed by atoms with Crippen molar-refractivity contribution >= 4 is 5.91 Å². The van der Waals surface area contributed by atoms with Gasteiger partial charge in [-0.3, -0.25) is 9.48 Å². The minimum Gasteiger partial charge on any atom is -0.335 e. The van der Waals surface area contributed by atoms with Gasteiger partial charge >= 0.3 is 0 Å². The molecule has 0 aromatic carbocycles. The number of carbonyl (C=O) groups is 1. The Bertz CT molecular complexity index is 421. The van der Waals surface area contributed by atoms with E-state index in [4.69, 9.17) is 0 Å². The molecule has 0 saturated carbocycles. The molecule has 0 unspecified atom stereocenters. The number of amides is 1. The van der Waals surface area contributed by atoms with Crippen LogP contribution in [0.15, 0.2) is 12.7 Å². The van der Waals surface area contributed by atoms with Gasteiger partial charge in [-0.05, 0) is 33.8 Å². The maximum Gasteiger partial charge on any atom is 0.246 e. The Morgan fingerprint density at radius 3 is 2.53 bits per heavy atom. The molecule has 0 bridgehead atoms. The van der Waals surface area contributed by atoms with Crippen molar-refractivity contribution in [1.82, 2.24) is 14.7 Å². The third-order valence-electron chi connectivity index (χ3n) is 3.05. The summed E-state index contributed by atoms with van der Waals surface area (Å²) in [6.45, 7) is 13.7. The van der Waals surface area contributed by atoms with E-state index in [-0.39, 0.29) is 5.91 Å². The molecule has 1 rings (SSSR count). The Labute approximate surface area is 103 Å². The number of aryl methyl sites for hydroxylation is 2. The van der Waals surface area contributed by atoms with E-state index in [9.17, 15) is 4.79 Å². The van der Waals surface area contributed by atoms with Gasteiger partial charge in [-0.2, -0.15) is 5.10 Å². The predicted molar refractivity (Wildman–Crippen MR) is 68.7 cm³/mol. The Kier molecular flexibility index (Phi) is 4.49. The molecule has 1 aromatic heterocycles. The Morgan fingerprint density at radius 2 is 2.12 bits per heavy atom. The highest BCUT2D eigenvalue weighted by Gasteiger charge is 2.15. The fourth-order valence-corrected chi connectivity index (χ4v) is 1.94. The van der Waals surface area contributed by atoms with Crippen LogP contribution in [-0.2, 0) is 17.9 Å². The second-order valence-corrected chi connectivity index (χ2v) is 4.02. The zero-order chi connectivity index (χ0) is 13.0. The highest BCUT2D eigenvalue weighted by atomic mass is 16.2. The molecule has 1 amide bonds. The molecule has 1 aromatic rings. The molecule has 0 N–H and O–H groups in total. The average Bonchev–Trinajstić information content (AvgIpc) is 2.61. The van der Waals surface area contributed by atoms with Crippen molar-refractivity contribution in [2.45, 2.75) is 40.8 Å². The number of hydrogen-bond donors (Lipinski definition) is 0. The topological polar surface area (TPSA) is 38.1 Å². The summed E-state index contributed by atoms with van der Waals surface area (Å²) in [5, 5.41) is 4.45. The van der Waals surface area contributed by atoms with Crippen LogP contribution in [0, 0.1) is 13.8 Å². The lowest BCUT2D eigenvalue weighted by molar-refractivity contribution is -0.126. The summed E-state index contributed by atoms with van der Waals surface area (Å²) in [7, 11) is 0. The van der Waals surface area contributed by atoms with E-state index in [1.54, 1.807) is 4.90 Å². The Hall–Kier alpha value is -1.58. The van der Waals surface area contributed by atoms with E-state index >= 15 is 0 Å². The standard InChI is InChI=1S/C13H21N3O/c1-6-13(17)15(7-2)9-12-10(4)14-16(8-3)11(12)5/h6H,1,7-9H2,2-5H3. The van der Waals surface area contributed by atoms with E-state index < -0.39 is 0 Å². The van der Waals surface area contributed by atoms with Gasteiger partial charge in [-0.15, -0.1) is 0 Å². The van der Waals surface area contributed by atoms with Crippen LogP contribution in [0.5, 0.6) is 0 Å². The quantitative estimate of drug-likeness (QED) is 0.733. The second kappa shape index (κ2) is 5.66. The molecule has 4 nitrogen and oxygen atoms in total. The lowest BCUT2D eigenvalue weighted by Crippen LogP contribution is -2.28. The zero-order valence-corrected chi connectivity index (χ0v) is 11.2. The van der Waals surface area contributed by atoms with Crippen LogP contribution in [0.25, 0.3) is 0 Å². The fourth-order valence-electron chi connectivity index (χ4n) is 1.94. The minimum absolute atomic E-state index is 0.0319. The van der Waals surface area contributed by atoms with Gasteiger partial charge in [0, 0.05) is 30.9 Å². The second-order valence-electron chi connectivity index (χ2n) is 4.02. The van der Waals surface area contributed by atoms with Crippen LogP contribution in [0.4, 0.5) is 0 Å². The van der Waals surface area contributed by atoms with Gasteiger partial charge in [-0.1, -0.05) is 6.58 Å².